The van der Waals surface area contributed by atoms with Crippen LogP contribution in [0.5, 0.6) is 0 Å². The number of epoxide rings is 2. The van der Waals surface area contributed by atoms with Crippen molar-refractivity contribution >= 4 is 0 Å². The van der Waals surface area contributed by atoms with Crippen molar-refractivity contribution in [3.63, 3.8) is 0 Å². The normalized spacial score (nSPS) is 60.5. The minimum atomic E-state index is -0.486. The highest BCUT2D eigenvalue weighted by molar-refractivity contribution is 5.02. The van der Waals surface area contributed by atoms with Crippen molar-refractivity contribution in [2.24, 2.45) is 0 Å². The quantitative estimate of drug-likeness (QED) is 0.421. The largest absolute Gasteiger partial charge is 0.391 e. The third kappa shape index (κ3) is 0.145. The Balaban J connectivity index is 2.10. The summed E-state index contributed by atoms with van der Waals surface area (Å²) in [4.78, 5) is 0. The number of hydrogen-bond acceptors (Lipinski definition) is 3. The molecular weight excluding hydrogens is 84.0 g/mol. The summed E-state index contributed by atoms with van der Waals surface area (Å²) in [6.45, 7) is 0.0116. The van der Waals surface area contributed by atoms with Crippen molar-refractivity contribution < 1.29 is 14.6 Å². The van der Waals surface area contributed by atoms with Crippen LogP contribution in [0.25, 0.3) is 0 Å². The maximum atomic E-state index is 8.26. The van der Waals surface area contributed by atoms with E-state index < -0.39 is 5.79 Å². The Morgan fingerprint density at radius 3 is 2.17 bits per heavy atom. The predicted octanol–water partition coefficient (Wildman–Crippen LogP) is -0.939. The van der Waals surface area contributed by atoms with Crippen LogP contribution >= 0.6 is 0 Å². The van der Waals surface area contributed by atoms with Crippen LogP contribution < -0.4 is 0 Å². The third-order valence-corrected chi connectivity index (χ3v) is 1.08. The molecule has 0 radical (unpaired) electrons. The molecule has 1 N–H and O–H groups in total. The molecule has 2 aliphatic heterocycles. The fourth-order valence-electron chi connectivity index (χ4n) is 0.452. The lowest BCUT2D eigenvalue weighted by atomic mass is 10.5. The molecule has 2 rings (SSSR count). The van der Waals surface area contributed by atoms with Crippen LogP contribution in [0.2, 0.25) is 0 Å². The molecule has 2 heterocycles. The van der Waals surface area contributed by atoms with Crippen LogP contribution in [0.3, 0.4) is 0 Å². The molecule has 0 aromatic carbocycles. The van der Waals surface area contributed by atoms with E-state index in [4.69, 9.17) is 5.11 Å². The van der Waals surface area contributed by atoms with Gasteiger partial charge in [-0.3, -0.25) is 0 Å². The standard InChI is InChI=1S/C3H4O3/c4-1-3-2(5-3)6-3/h2,4H,1H2. The first-order valence-corrected chi connectivity index (χ1v) is 1.84. The van der Waals surface area contributed by atoms with Crippen molar-refractivity contribution in [2.45, 2.75) is 12.1 Å². The number of aliphatic hydroxyl groups excluding tert-OH is 1. The van der Waals surface area contributed by atoms with Gasteiger partial charge in [-0.15, -0.1) is 0 Å². The lowest BCUT2D eigenvalue weighted by Gasteiger charge is -1.88. The Morgan fingerprint density at radius 2 is 2.17 bits per heavy atom. The minimum Gasteiger partial charge on any atom is -0.391 e. The summed E-state index contributed by atoms with van der Waals surface area (Å²) in [5.41, 5.74) is 0. The number of fused-ring (bicyclic) bond motifs is 1. The summed E-state index contributed by atoms with van der Waals surface area (Å²) >= 11 is 0. The first kappa shape index (κ1) is 2.96. The molecule has 0 saturated carbocycles. The summed E-state index contributed by atoms with van der Waals surface area (Å²) in [6, 6.07) is 0. The topological polar surface area (TPSA) is 45.3 Å². The second-order valence-corrected chi connectivity index (χ2v) is 1.54. The van der Waals surface area contributed by atoms with Crippen LogP contribution in [0.4, 0.5) is 0 Å². The second kappa shape index (κ2) is 0.521. The zero-order chi connectivity index (χ0) is 4.20. The number of ether oxygens (including phenoxy) is 2. The van der Waals surface area contributed by atoms with Gasteiger partial charge < -0.3 is 14.6 Å². The predicted molar refractivity (Wildman–Crippen MR) is 15.8 cm³/mol. The number of hydrogen-bond donors (Lipinski definition) is 1. The Labute approximate surface area is 34.5 Å². The van der Waals surface area contributed by atoms with Crippen molar-refractivity contribution in [3.05, 3.63) is 0 Å². The van der Waals surface area contributed by atoms with Gasteiger partial charge in [0.2, 0.25) is 12.1 Å². The van der Waals surface area contributed by atoms with Gasteiger partial charge in [-0.2, -0.15) is 0 Å². The summed E-state index contributed by atoms with van der Waals surface area (Å²) < 4.78 is 9.34. The van der Waals surface area contributed by atoms with E-state index in [-0.39, 0.29) is 12.9 Å². The van der Waals surface area contributed by atoms with E-state index in [1.807, 2.05) is 0 Å². The molecule has 0 aromatic rings. The summed E-state index contributed by atoms with van der Waals surface area (Å²) in [5.74, 6) is -0.486. The van der Waals surface area contributed by atoms with E-state index in [0.717, 1.165) is 0 Å². The van der Waals surface area contributed by atoms with E-state index in [9.17, 15) is 0 Å². The molecule has 0 unspecified atom stereocenters. The molecule has 2 saturated heterocycles. The highest BCUT2D eigenvalue weighted by Gasteiger charge is 2.77. The molecular formula is C3H4O3. The van der Waals surface area contributed by atoms with Gasteiger partial charge in [0.25, 0.3) is 0 Å². The van der Waals surface area contributed by atoms with Gasteiger partial charge in [0.15, 0.2) is 0 Å². The van der Waals surface area contributed by atoms with Gasteiger partial charge in [-0.1, -0.05) is 0 Å². The molecule has 0 spiro atoms. The maximum absolute atomic E-state index is 8.26. The Bertz CT molecular complexity index is 84.0. The molecule has 3 heteroatoms. The molecule has 0 amide bonds. The van der Waals surface area contributed by atoms with E-state index in [1.165, 1.54) is 0 Å². The van der Waals surface area contributed by atoms with Gasteiger partial charge in [-0.05, 0) is 0 Å². The fourth-order valence-corrected chi connectivity index (χ4v) is 0.452. The van der Waals surface area contributed by atoms with Crippen molar-refractivity contribution in [1.29, 1.82) is 0 Å². The van der Waals surface area contributed by atoms with E-state index in [2.05, 4.69) is 9.47 Å². The van der Waals surface area contributed by atoms with E-state index in [0.29, 0.717) is 0 Å². The lowest BCUT2D eigenvalue weighted by Crippen LogP contribution is -2.03. The van der Waals surface area contributed by atoms with Gasteiger partial charge in [0.1, 0.15) is 6.61 Å². The SMILES string of the molecule is OCC12OC1O2. The molecule has 34 valence electrons. The molecule has 0 aromatic heterocycles. The molecule has 2 fully saturated rings. The summed E-state index contributed by atoms with van der Waals surface area (Å²) in [7, 11) is 0. The van der Waals surface area contributed by atoms with Gasteiger partial charge >= 0.3 is 0 Å². The molecule has 0 atom stereocenters. The van der Waals surface area contributed by atoms with Crippen molar-refractivity contribution in [1.82, 2.24) is 0 Å². The highest BCUT2D eigenvalue weighted by atomic mass is 17.0. The Morgan fingerprint density at radius 1 is 1.67 bits per heavy atom. The molecule has 6 heavy (non-hydrogen) atoms. The zero-order valence-corrected chi connectivity index (χ0v) is 3.05. The van der Waals surface area contributed by atoms with Crippen LogP contribution in [-0.2, 0) is 9.47 Å². The molecule has 0 aliphatic carbocycles. The second-order valence-electron chi connectivity index (χ2n) is 1.54. The Kier molecular flexibility index (Phi) is 0.257. The molecule has 2 aliphatic rings. The average Bonchev–Trinajstić information content (AvgIpc) is 2.12. The Hall–Kier alpha value is -0.120. The summed E-state index contributed by atoms with van der Waals surface area (Å²) in [5, 5.41) is 8.26. The smallest absolute Gasteiger partial charge is 0.249 e. The minimum absolute atomic E-state index is 0.0116. The highest BCUT2D eigenvalue weighted by Crippen LogP contribution is 2.55. The van der Waals surface area contributed by atoms with Crippen molar-refractivity contribution in [3.8, 4) is 0 Å². The lowest BCUT2D eigenvalue weighted by molar-refractivity contribution is -0.0720. The summed E-state index contributed by atoms with van der Waals surface area (Å²) in [6.07, 6.45) is -0.0394. The van der Waals surface area contributed by atoms with Crippen molar-refractivity contribution in [2.75, 3.05) is 6.61 Å². The van der Waals surface area contributed by atoms with Gasteiger partial charge in [0.05, 0.1) is 0 Å². The first-order chi connectivity index (χ1) is 2.87. The van der Waals surface area contributed by atoms with E-state index in [1.54, 1.807) is 0 Å². The van der Waals surface area contributed by atoms with Gasteiger partial charge in [-0.25, -0.2) is 0 Å². The third-order valence-electron chi connectivity index (χ3n) is 1.08. The van der Waals surface area contributed by atoms with Crippen LogP contribution in [-0.4, -0.2) is 23.8 Å². The number of aliphatic hydroxyl groups is 1. The van der Waals surface area contributed by atoms with E-state index >= 15 is 0 Å². The van der Waals surface area contributed by atoms with Crippen LogP contribution in [0, 0.1) is 0 Å². The average molecular weight is 88.1 g/mol. The number of rotatable bonds is 1. The first-order valence-electron chi connectivity index (χ1n) is 1.84. The van der Waals surface area contributed by atoms with Gasteiger partial charge in [0, 0.05) is 0 Å². The van der Waals surface area contributed by atoms with Crippen LogP contribution in [0.1, 0.15) is 0 Å². The molecule has 0 bridgehead atoms. The fraction of sp³-hybridized carbons (Fsp3) is 1.00. The van der Waals surface area contributed by atoms with Crippen LogP contribution in [0.15, 0.2) is 0 Å². The molecule has 3 nitrogen and oxygen atoms in total. The monoisotopic (exact) mass is 88.0 g/mol. The zero-order valence-electron chi connectivity index (χ0n) is 3.05. The maximum Gasteiger partial charge on any atom is 0.249 e.